The van der Waals surface area contributed by atoms with E-state index in [0.717, 1.165) is 11.3 Å². The van der Waals surface area contributed by atoms with E-state index in [4.69, 9.17) is 5.26 Å². The molecule has 0 aliphatic carbocycles. The van der Waals surface area contributed by atoms with Gasteiger partial charge in [0.1, 0.15) is 11.6 Å². The fourth-order valence-electron chi connectivity index (χ4n) is 1.42. The standard InChI is InChI=1S/C13H14N2O2/c1-15(2)12-7-5-4-6-10(12)8-11(9-14)13(16)17-3/h4-8H,1-3H3. The van der Waals surface area contributed by atoms with Crippen LogP contribution in [0.2, 0.25) is 0 Å². The Labute approximate surface area is 101 Å². The van der Waals surface area contributed by atoms with Gasteiger partial charge in [0, 0.05) is 19.8 Å². The summed E-state index contributed by atoms with van der Waals surface area (Å²) in [6.45, 7) is 0. The van der Waals surface area contributed by atoms with Crippen molar-refractivity contribution >= 4 is 17.7 Å². The van der Waals surface area contributed by atoms with E-state index in [1.807, 2.05) is 49.3 Å². The molecule has 0 unspecified atom stereocenters. The minimum Gasteiger partial charge on any atom is -0.465 e. The summed E-state index contributed by atoms with van der Waals surface area (Å²) in [7, 11) is 5.05. The number of methoxy groups -OCH3 is 1. The van der Waals surface area contributed by atoms with Gasteiger partial charge in [-0.3, -0.25) is 0 Å². The predicted octanol–water partition coefficient (Wildman–Crippen LogP) is 1.83. The van der Waals surface area contributed by atoms with E-state index in [9.17, 15) is 4.79 Å². The highest BCUT2D eigenvalue weighted by Crippen LogP contribution is 2.20. The van der Waals surface area contributed by atoms with Gasteiger partial charge in [-0.1, -0.05) is 18.2 Å². The van der Waals surface area contributed by atoms with E-state index in [0.29, 0.717) is 0 Å². The number of hydrogen-bond donors (Lipinski definition) is 0. The Balaban J connectivity index is 3.21. The van der Waals surface area contributed by atoms with Gasteiger partial charge in [0.05, 0.1) is 7.11 Å². The minimum atomic E-state index is -0.624. The maximum atomic E-state index is 11.3. The van der Waals surface area contributed by atoms with Gasteiger partial charge in [-0.05, 0) is 17.7 Å². The number of ether oxygens (including phenoxy) is 1. The van der Waals surface area contributed by atoms with Crippen molar-refractivity contribution in [2.45, 2.75) is 0 Å². The van der Waals surface area contributed by atoms with Crippen LogP contribution in [-0.4, -0.2) is 27.2 Å². The third kappa shape index (κ3) is 3.08. The van der Waals surface area contributed by atoms with Crippen LogP contribution in [-0.2, 0) is 9.53 Å². The van der Waals surface area contributed by atoms with Crippen molar-refractivity contribution in [3.8, 4) is 6.07 Å². The molecule has 0 atom stereocenters. The molecule has 0 heterocycles. The van der Waals surface area contributed by atoms with Gasteiger partial charge in [0.2, 0.25) is 0 Å². The van der Waals surface area contributed by atoms with Crippen LogP contribution in [0.25, 0.3) is 6.08 Å². The number of para-hydroxylation sites is 1. The van der Waals surface area contributed by atoms with Crippen molar-refractivity contribution < 1.29 is 9.53 Å². The van der Waals surface area contributed by atoms with E-state index >= 15 is 0 Å². The first-order valence-corrected chi connectivity index (χ1v) is 5.06. The fraction of sp³-hybridized carbons (Fsp3) is 0.231. The summed E-state index contributed by atoms with van der Waals surface area (Å²) in [5.74, 6) is -0.624. The van der Waals surface area contributed by atoms with Crippen LogP contribution in [0.5, 0.6) is 0 Å². The molecule has 17 heavy (non-hydrogen) atoms. The lowest BCUT2D eigenvalue weighted by Gasteiger charge is -2.15. The van der Waals surface area contributed by atoms with Crippen LogP contribution in [0.1, 0.15) is 5.56 Å². The van der Waals surface area contributed by atoms with Gasteiger partial charge in [-0.25, -0.2) is 4.79 Å². The Kier molecular flexibility index (Phi) is 4.29. The predicted molar refractivity (Wildman–Crippen MR) is 66.4 cm³/mol. The van der Waals surface area contributed by atoms with Gasteiger partial charge in [0.25, 0.3) is 0 Å². The summed E-state index contributed by atoms with van der Waals surface area (Å²) in [4.78, 5) is 13.2. The molecule has 0 spiro atoms. The summed E-state index contributed by atoms with van der Waals surface area (Å²) in [5.41, 5.74) is 1.73. The van der Waals surface area contributed by atoms with E-state index < -0.39 is 5.97 Å². The first-order valence-electron chi connectivity index (χ1n) is 5.06. The molecule has 88 valence electrons. The third-order valence-electron chi connectivity index (χ3n) is 2.24. The molecule has 0 bridgehead atoms. The SMILES string of the molecule is COC(=O)C(C#N)=Cc1ccccc1N(C)C. The molecular formula is C13H14N2O2. The van der Waals surface area contributed by atoms with Crippen LogP contribution >= 0.6 is 0 Å². The number of benzene rings is 1. The van der Waals surface area contributed by atoms with Crippen molar-refractivity contribution in [2.75, 3.05) is 26.1 Å². The number of hydrogen-bond acceptors (Lipinski definition) is 4. The normalized spacial score (nSPS) is 10.6. The quantitative estimate of drug-likeness (QED) is 0.451. The van der Waals surface area contributed by atoms with Crippen molar-refractivity contribution in [3.63, 3.8) is 0 Å². The molecule has 1 rings (SSSR count). The first-order chi connectivity index (χ1) is 8.10. The largest absolute Gasteiger partial charge is 0.465 e. The maximum absolute atomic E-state index is 11.3. The van der Waals surface area contributed by atoms with Crippen molar-refractivity contribution in [3.05, 3.63) is 35.4 Å². The lowest BCUT2D eigenvalue weighted by Crippen LogP contribution is -2.10. The number of carbonyl (C=O) groups is 1. The van der Waals surface area contributed by atoms with Crippen LogP contribution in [0.15, 0.2) is 29.8 Å². The monoisotopic (exact) mass is 230 g/mol. The van der Waals surface area contributed by atoms with Gasteiger partial charge < -0.3 is 9.64 Å². The molecule has 0 aromatic heterocycles. The van der Waals surface area contributed by atoms with Crippen LogP contribution in [0.4, 0.5) is 5.69 Å². The highest BCUT2D eigenvalue weighted by molar-refractivity contribution is 5.98. The molecule has 1 aromatic carbocycles. The lowest BCUT2D eigenvalue weighted by atomic mass is 10.1. The Morgan fingerprint density at radius 2 is 2.06 bits per heavy atom. The summed E-state index contributed by atoms with van der Waals surface area (Å²) in [6, 6.07) is 9.35. The molecule has 4 nitrogen and oxygen atoms in total. The average Bonchev–Trinajstić information content (AvgIpc) is 2.35. The number of anilines is 1. The molecule has 0 amide bonds. The summed E-state index contributed by atoms with van der Waals surface area (Å²) < 4.78 is 4.53. The molecule has 0 fully saturated rings. The fourth-order valence-corrected chi connectivity index (χ4v) is 1.42. The second-order valence-corrected chi connectivity index (χ2v) is 3.61. The zero-order chi connectivity index (χ0) is 12.8. The van der Waals surface area contributed by atoms with Crippen molar-refractivity contribution in [1.82, 2.24) is 0 Å². The molecule has 0 aliphatic rings. The lowest BCUT2D eigenvalue weighted by molar-refractivity contribution is -0.135. The molecular weight excluding hydrogens is 216 g/mol. The van der Waals surface area contributed by atoms with Gasteiger partial charge in [-0.2, -0.15) is 5.26 Å². The Hall–Kier alpha value is -2.28. The number of nitriles is 1. The van der Waals surface area contributed by atoms with E-state index in [1.165, 1.54) is 13.2 Å². The number of esters is 1. The molecule has 1 aromatic rings. The zero-order valence-corrected chi connectivity index (χ0v) is 10.1. The zero-order valence-electron chi connectivity index (χ0n) is 10.1. The number of rotatable bonds is 3. The van der Waals surface area contributed by atoms with Crippen molar-refractivity contribution in [2.24, 2.45) is 0 Å². The molecule has 0 saturated heterocycles. The highest BCUT2D eigenvalue weighted by Gasteiger charge is 2.10. The van der Waals surface area contributed by atoms with Crippen molar-refractivity contribution in [1.29, 1.82) is 5.26 Å². The van der Waals surface area contributed by atoms with Gasteiger partial charge in [0.15, 0.2) is 0 Å². The second kappa shape index (κ2) is 5.71. The number of nitrogens with zero attached hydrogens (tertiary/aromatic N) is 2. The van der Waals surface area contributed by atoms with Gasteiger partial charge >= 0.3 is 5.97 Å². The van der Waals surface area contributed by atoms with Crippen LogP contribution < -0.4 is 4.90 Å². The molecule has 0 aliphatic heterocycles. The Bertz CT molecular complexity index is 484. The van der Waals surface area contributed by atoms with E-state index in [1.54, 1.807) is 0 Å². The molecule has 0 radical (unpaired) electrons. The van der Waals surface area contributed by atoms with Crippen LogP contribution in [0, 0.1) is 11.3 Å². The smallest absolute Gasteiger partial charge is 0.348 e. The van der Waals surface area contributed by atoms with E-state index in [2.05, 4.69) is 4.74 Å². The highest BCUT2D eigenvalue weighted by atomic mass is 16.5. The first kappa shape index (κ1) is 12.8. The number of carbonyl (C=O) groups excluding carboxylic acids is 1. The van der Waals surface area contributed by atoms with E-state index in [-0.39, 0.29) is 5.57 Å². The Morgan fingerprint density at radius 3 is 2.59 bits per heavy atom. The summed E-state index contributed by atoms with van der Waals surface area (Å²) >= 11 is 0. The van der Waals surface area contributed by atoms with Gasteiger partial charge in [-0.15, -0.1) is 0 Å². The minimum absolute atomic E-state index is 0.0122. The summed E-state index contributed by atoms with van der Waals surface area (Å²) in [5, 5.41) is 8.89. The topological polar surface area (TPSA) is 53.3 Å². The second-order valence-electron chi connectivity index (χ2n) is 3.61. The third-order valence-corrected chi connectivity index (χ3v) is 2.24. The Morgan fingerprint density at radius 1 is 1.41 bits per heavy atom. The average molecular weight is 230 g/mol. The maximum Gasteiger partial charge on any atom is 0.348 e. The summed E-state index contributed by atoms with van der Waals surface area (Å²) in [6.07, 6.45) is 1.53. The molecule has 0 N–H and O–H groups in total. The molecule has 4 heteroatoms. The molecule has 0 saturated carbocycles. The van der Waals surface area contributed by atoms with Crippen LogP contribution in [0.3, 0.4) is 0 Å².